The van der Waals surface area contributed by atoms with Crippen molar-refractivity contribution in [3.05, 3.63) is 143 Å². The number of pyridine rings is 2. The van der Waals surface area contributed by atoms with E-state index in [0.29, 0.717) is 0 Å². The summed E-state index contributed by atoms with van der Waals surface area (Å²) in [5, 5.41) is 0.948. The van der Waals surface area contributed by atoms with Gasteiger partial charge in [0.15, 0.2) is 5.78 Å². The van der Waals surface area contributed by atoms with E-state index in [-0.39, 0.29) is 25.9 Å². The Morgan fingerprint density at radius 3 is 2.15 bits per heavy atom. The van der Waals surface area contributed by atoms with E-state index in [1.165, 1.54) is 5.56 Å². The molecule has 0 unspecified atom stereocenters. The van der Waals surface area contributed by atoms with Gasteiger partial charge in [-0.05, 0) is 41.1 Å². The van der Waals surface area contributed by atoms with E-state index in [1.54, 1.807) is 0 Å². The van der Waals surface area contributed by atoms with E-state index in [0.717, 1.165) is 66.8 Å². The summed E-state index contributed by atoms with van der Waals surface area (Å²) in [6.45, 7) is 6.13. The number of rotatable bonds is 2. The van der Waals surface area contributed by atoms with E-state index in [2.05, 4.69) is 48.3 Å². The van der Waals surface area contributed by atoms with Gasteiger partial charge in [0.2, 0.25) is 0 Å². The SMILES string of the molecule is Cc1[c-]c(-c2cc3c4c(cccc4n2)-c2ccccc2C3=O)cc(C)c1.Cc1ccc(-c2[c-]cccc2)nc1.[Ir]. The minimum absolute atomic E-state index is 0. The summed E-state index contributed by atoms with van der Waals surface area (Å²) in [5.74, 6) is 0.0670. The van der Waals surface area contributed by atoms with Gasteiger partial charge < -0.3 is 4.98 Å². The molecule has 3 nitrogen and oxygen atoms in total. The molecule has 0 saturated carbocycles. The second kappa shape index (κ2) is 11.5. The molecule has 197 valence electrons. The molecule has 1 aliphatic rings. The monoisotopic (exact) mass is 695 g/mol. The topological polar surface area (TPSA) is 42.9 Å². The molecule has 0 amide bonds. The van der Waals surface area contributed by atoms with Crippen molar-refractivity contribution in [2.24, 2.45) is 0 Å². The van der Waals surface area contributed by atoms with E-state index in [9.17, 15) is 4.79 Å². The molecule has 40 heavy (non-hydrogen) atoms. The first kappa shape index (κ1) is 27.3. The fourth-order valence-electron chi connectivity index (χ4n) is 5.10. The van der Waals surface area contributed by atoms with Crippen LogP contribution in [-0.4, -0.2) is 15.8 Å². The molecule has 4 heteroatoms. The third kappa shape index (κ3) is 5.29. The zero-order chi connectivity index (χ0) is 26.9. The largest absolute Gasteiger partial charge is 0.304 e. The Labute approximate surface area is 248 Å². The van der Waals surface area contributed by atoms with Gasteiger partial charge in [0.25, 0.3) is 0 Å². The van der Waals surface area contributed by atoms with Gasteiger partial charge >= 0.3 is 0 Å². The fourth-order valence-corrected chi connectivity index (χ4v) is 5.10. The minimum Gasteiger partial charge on any atom is -0.304 e. The van der Waals surface area contributed by atoms with E-state index >= 15 is 0 Å². The molecule has 7 rings (SSSR count). The number of ketones is 1. The Bertz CT molecular complexity index is 1820. The Morgan fingerprint density at radius 1 is 0.650 bits per heavy atom. The van der Waals surface area contributed by atoms with Crippen molar-refractivity contribution in [1.29, 1.82) is 0 Å². The van der Waals surface area contributed by atoms with E-state index < -0.39 is 0 Å². The zero-order valence-electron chi connectivity index (χ0n) is 22.5. The predicted octanol–water partition coefficient (Wildman–Crippen LogP) is 8.38. The van der Waals surface area contributed by atoms with E-state index in [4.69, 9.17) is 4.98 Å². The first-order valence-electron chi connectivity index (χ1n) is 13.0. The molecule has 0 saturated heterocycles. The average Bonchev–Trinajstić information content (AvgIpc) is 2.96. The van der Waals surface area contributed by atoms with Gasteiger partial charge in [0.05, 0.1) is 5.52 Å². The maximum Gasteiger partial charge on any atom is 0.193 e. The average molecular weight is 695 g/mol. The van der Waals surface area contributed by atoms with Crippen LogP contribution in [0.15, 0.2) is 103 Å². The Balaban J connectivity index is 0.000000195. The number of carbonyl (C=O) groups is 1. The van der Waals surface area contributed by atoms with Crippen LogP contribution >= 0.6 is 0 Å². The Kier molecular flexibility index (Phi) is 7.84. The fraction of sp³-hybridized carbons (Fsp3) is 0.0833. The maximum absolute atomic E-state index is 13.2. The third-order valence-electron chi connectivity index (χ3n) is 6.86. The summed E-state index contributed by atoms with van der Waals surface area (Å²) in [4.78, 5) is 22.3. The van der Waals surface area contributed by atoms with Crippen molar-refractivity contribution in [3.63, 3.8) is 0 Å². The number of fused-ring (bicyclic) bond motifs is 2. The normalized spacial score (nSPS) is 11.2. The van der Waals surface area contributed by atoms with Crippen LogP contribution in [-0.2, 0) is 20.1 Å². The van der Waals surface area contributed by atoms with Gasteiger partial charge in [-0.1, -0.05) is 68.4 Å². The summed E-state index contributed by atoms with van der Waals surface area (Å²) >= 11 is 0. The molecular weight excluding hydrogens is 669 g/mol. The number of carbonyl (C=O) groups excluding carboxylic acids is 1. The Hall–Kier alpha value is -4.24. The van der Waals surface area contributed by atoms with Gasteiger partial charge in [-0.3, -0.25) is 9.78 Å². The van der Waals surface area contributed by atoms with Gasteiger partial charge in [-0.2, -0.15) is 0 Å². The van der Waals surface area contributed by atoms with Crippen LogP contribution in [0.4, 0.5) is 0 Å². The molecule has 1 radical (unpaired) electrons. The van der Waals surface area contributed by atoms with Crippen molar-refractivity contribution >= 4 is 16.7 Å². The molecule has 6 aromatic rings. The molecule has 1 aliphatic carbocycles. The van der Waals surface area contributed by atoms with Crippen molar-refractivity contribution in [2.45, 2.75) is 20.8 Å². The maximum atomic E-state index is 13.2. The molecule has 4 aromatic carbocycles. The van der Waals surface area contributed by atoms with Crippen molar-refractivity contribution in [2.75, 3.05) is 0 Å². The number of hydrogen-bond acceptors (Lipinski definition) is 3. The molecule has 0 fully saturated rings. The summed E-state index contributed by atoms with van der Waals surface area (Å²) in [6.07, 6.45) is 1.87. The van der Waals surface area contributed by atoms with Crippen LogP contribution in [0.2, 0.25) is 0 Å². The van der Waals surface area contributed by atoms with Gasteiger partial charge in [-0.15, -0.1) is 70.8 Å². The number of aromatic nitrogens is 2. The summed E-state index contributed by atoms with van der Waals surface area (Å²) < 4.78 is 0. The summed E-state index contributed by atoms with van der Waals surface area (Å²) in [5.41, 5.74) is 11.6. The number of aryl methyl sites for hydroxylation is 3. The third-order valence-corrected chi connectivity index (χ3v) is 6.86. The molecule has 0 bridgehead atoms. The van der Waals surface area contributed by atoms with Crippen LogP contribution in [0, 0.1) is 32.9 Å². The quantitative estimate of drug-likeness (QED) is 0.171. The standard InChI is InChI=1S/C24H16NO.C12H10N.Ir/c1-14-10-15(2)12-16(11-14)22-13-20-23-18(8-5-9-21(23)25-22)17-6-3-4-7-19(17)24(20)26;1-10-7-8-12(13-9-10)11-5-3-2-4-6-11;/h3-11,13H,1-2H3;2-5,7-9H,1H3;/q2*-1;. The predicted molar refractivity (Wildman–Crippen MR) is 158 cm³/mol. The smallest absolute Gasteiger partial charge is 0.193 e. The first-order valence-corrected chi connectivity index (χ1v) is 13.0. The van der Waals surface area contributed by atoms with Gasteiger partial charge in [-0.25, -0.2) is 0 Å². The first-order chi connectivity index (χ1) is 19.0. The molecule has 2 heterocycles. The minimum atomic E-state index is 0. The second-order valence-corrected chi connectivity index (χ2v) is 9.88. The van der Waals surface area contributed by atoms with Crippen LogP contribution in [0.25, 0.3) is 44.5 Å². The van der Waals surface area contributed by atoms with Crippen molar-refractivity contribution < 1.29 is 24.9 Å². The molecular formula is C36H26IrN2O-2. The Morgan fingerprint density at radius 2 is 1.43 bits per heavy atom. The summed E-state index contributed by atoms with van der Waals surface area (Å²) in [6, 6.07) is 38.4. The van der Waals surface area contributed by atoms with Crippen molar-refractivity contribution in [3.8, 4) is 33.6 Å². The molecule has 0 spiro atoms. The number of nitrogens with zero attached hydrogens (tertiary/aromatic N) is 2. The molecule has 0 aliphatic heterocycles. The van der Waals surface area contributed by atoms with Crippen molar-refractivity contribution in [1.82, 2.24) is 9.97 Å². The molecule has 2 aromatic heterocycles. The number of hydrogen-bond donors (Lipinski definition) is 0. The summed E-state index contributed by atoms with van der Waals surface area (Å²) in [7, 11) is 0. The van der Waals surface area contributed by atoms with Crippen LogP contribution in [0.1, 0.15) is 32.6 Å². The molecule has 0 N–H and O–H groups in total. The second-order valence-electron chi connectivity index (χ2n) is 9.88. The zero-order valence-corrected chi connectivity index (χ0v) is 24.8. The van der Waals surface area contributed by atoms with Crippen LogP contribution in [0.5, 0.6) is 0 Å². The van der Waals surface area contributed by atoms with Gasteiger partial charge in [0.1, 0.15) is 0 Å². The molecule has 0 atom stereocenters. The van der Waals surface area contributed by atoms with Crippen LogP contribution < -0.4 is 0 Å². The van der Waals surface area contributed by atoms with Gasteiger partial charge in [0, 0.05) is 42.8 Å². The van der Waals surface area contributed by atoms with E-state index in [1.807, 2.05) is 92.8 Å². The number of benzene rings is 4. The van der Waals surface area contributed by atoms with Crippen LogP contribution in [0.3, 0.4) is 0 Å².